The minimum absolute atomic E-state index is 0.0311. The van der Waals surface area contributed by atoms with Crippen molar-refractivity contribution >= 4 is 27.6 Å². The number of Topliss-reactive ketones (excluding diaryl/α,β-unsaturated/α-hetero) is 1. The van der Waals surface area contributed by atoms with Crippen LogP contribution in [0, 0.1) is 5.92 Å². The maximum absolute atomic E-state index is 12.9. The molecule has 1 aromatic carbocycles. The van der Waals surface area contributed by atoms with Gasteiger partial charge in [-0.1, -0.05) is 18.7 Å². The van der Waals surface area contributed by atoms with E-state index in [4.69, 9.17) is 0 Å². The molecule has 2 fully saturated rings. The molecule has 0 radical (unpaired) electrons. The summed E-state index contributed by atoms with van der Waals surface area (Å²) in [4.78, 5) is 39.5. The number of carbonyl (C=O) groups excluding carboxylic acids is 3. The van der Waals surface area contributed by atoms with Crippen LogP contribution in [0.2, 0.25) is 0 Å². The van der Waals surface area contributed by atoms with Gasteiger partial charge in [0.1, 0.15) is 0 Å². The van der Waals surface area contributed by atoms with Crippen LogP contribution in [0.25, 0.3) is 0 Å². The summed E-state index contributed by atoms with van der Waals surface area (Å²) >= 11 is 0. The van der Waals surface area contributed by atoms with E-state index in [0.717, 1.165) is 0 Å². The Kier molecular flexibility index (Phi) is 6.72. The second-order valence-corrected chi connectivity index (χ2v) is 9.55. The van der Waals surface area contributed by atoms with Gasteiger partial charge in [0.25, 0.3) is 0 Å². The lowest BCUT2D eigenvalue weighted by molar-refractivity contribution is -0.140. The SMILES string of the molecule is C=CC(=O)N1CCC(C(=O)N2CCN(S(=O)(=O)c3ccc(C(C)=O)cc3)CC2)CC1. The first kappa shape index (κ1) is 22.2. The molecule has 0 unspecified atom stereocenters. The van der Waals surface area contributed by atoms with E-state index in [1.807, 2.05) is 0 Å². The molecule has 0 spiro atoms. The van der Waals surface area contributed by atoms with Crippen LogP contribution in [0.5, 0.6) is 0 Å². The summed E-state index contributed by atoms with van der Waals surface area (Å²) in [5.74, 6) is -0.341. The summed E-state index contributed by atoms with van der Waals surface area (Å²) in [5, 5.41) is 0. The van der Waals surface area contributed by atoms with Gasteiger partial charge in [-0.05, 0) is 38.0 Å². The van der Waals surface area contributed by atoms with Crippen LogP contribution < -0.4 is 0 Å². The quantitative estimate of drug-likeness (QED) is 0.513. The lowest BCUT2D eigenvalue weighted by atomic mass is 9.95. The van der Waals surface area contributed by atoms with Gasteiger partial charge in [-0.25, -0.2) is 8.42 Å². The van der Waals surface area contributed by atoms with E-state index in [-0.39, 0.29) is 41.5 Å². The highest BCUT2D eigenvalue weighted by atomic mass is 32.2. The predicted molar refractivity (Wildman–Crippen MR) is 111 cm³/mol. The molecular weight excluding hydrogens is 406 g/mol. The molecule has 2 amide bonds. The molecule has 2 saturated heterocycles. The number of piperidine rings is 1. The van der Waals surface area contributed by atoms with Gasteiger partial charge in [-0.15, -0.1) is 0 Å². The fourth-order valence-electron chi connectivity index (χ4n) is 3.89. The van der Waals surface area contributed by atoms with Gasteiger partial charge < -0.3 is 9.80 Å². The maximum atomic E-state index is 12.9. The van der Waals surface area contributed by atoms with Crippen molar-refractivity contribution in [2.24, 2.45) is 5.92 Å². The highest BCUT2D eigenvalue weighted by molar-refractivity contribution is 7.89. The largest absolute Gasteiger partial charge is 0.340 e. The molecule has 2 aliphatic rings. The molecule has 162 valence electrons. The number of nitrogens with zero attached hydrogens (tertiary/aromatic N) is 3. The Labute approximate surface area is 177 Å². The van der Waals surface area contributed by atoms with Crippen LogP contribution in [0.15, 0.2) is 41.8 Å². The zero-order valence-corrected chi connectivity index (χ0v) is 17.9. The number of likely N-dealkylation sites (tertiary alicyclic amines) is 1. The Morgan fingerprint density at radius 3 is 2.00 bits per heavy atom. The van der Waals surface area contributed by atoms with E-state index in [9.17, 15) is 22.8 Å². The van der Waals surface area contributed by atoms with Gasteiger partial charge in [0.05, 0.1) is 4.90 Å². The summed E-state index contributed by atoms with van der Waals surface area (Å²) in [5.41, 5.74) is 0.463. The number of hydrogen-bond donors (Lipinski definition) is 0. The normalized spacial score (nSPS) is 18.8. The van der Waals surface area contributed by atoms with Crippen LogP contribution in [0.1, 0.15) is 30.1 Å². The third-order valence-corrected chi connectivity index (χ3v) is 7.69. The Morgan fingerprint density at radius 2 is 1.50 bits per heavy atom. The van der Waals surface area contributed by atoms with Gasteiger partial charge in [0.2, 0.25) is 21.8 Å². The second kappa shape index (κ2) is 9.09. The molecule has 0 bridgehead atoms. The zero-order valence-electron chi connectivity index (χ0n) is 17.1. The smallest absolute Gasteiger partial charge is 0.245 e. The Balaban J connectivity index is 1.56. The van der Waals surface area contributed by atoms with E-state index in [2.05, 4.69) is 6.58 Å². The molecular formula is C21H27N3O5S. The summed E-state index contributed by atoms with van der Waals surface area (Å²) in [6.45, 7) is 7.14. The van der Waals surface area contributed by atoms with Crippen molar-refractivity contribution in [3.8, 4) is 0 Å². The molecule has 0 aliphatic carbocycles. The summed E-state index contributed by atoms with van der Waals surface area (Å²) in [6.07, 6.45) is 2.51. The monoisotopic (exact) mass is 433 g/mol. The third kappa shape index (κ3) is 4.62. The number of sulfonamides is 1. The van der Waals surface area contributed by atoms with E-state index in [0.29, 0.717) is 44.6 Å². The predicted octanol–water partition coefficient (Wildman–Crippen LogP) is 1.15. The molecule has 2 aliphatic heterocycles. The van der Waals surface area contributed by atoms with E-state index >= 15 is 0 Å². The average Bonchev–Trinajstić information content (AvgIpc) is 2.78. The molecule has 0 saturated carbocycles. The fraction of sp³-hybridized carbons (Fsp3) is 0.476. The number of carbonyl (C=O) groups is 3. The van der Waals surface area contributed by atoms with Crippen LogP contribution in [-0.4, -0.2) is 79.4 Å². The minimum Gasteiger partial charge on any atom is -0.340 e. The molecule has 8 nitrogen and oxygen atoms in total. The first-order valence-electron chi connectivity index (χ1n) is 10.1. The lowest BCUT2D eigenvalue weighted by Crippen LogP contribution is -2.53. The lowest BCUT2D eigenvalue weighted by Gasteiger charge is -2.38. The molecule has 0 atom stereocenters. The second-order valence-electron chi connectivity index (χ2n) is 7.61. The van der Waals surface area contributed by atoms with Crippen molar-refractivity contribution in [1.82, 2.24) is 14.1 Å². The maximum Gasteiger partial charge on any atom is 0.245 e. The molecule has 0 aromatic heterocycles. The molecule has 0 N–H and O–H groups in total. The zero-order chi connectivity index (χ0) is 21.9. The van der Waals surface area contributed by atoms with Gasteiger partial charge in [-0.3, -0.25) is 14.4 Å². The van der Waals surface area contributed by atoms with E-state index < -0.39 is 10.0 Å². The number of rotatable bonds is 5. The summed E-state index contributed by atoms with van der Waals surface area (Å²) in [7, 11) is -3.67. The van der Waals surface area contributed by atoms with Gasteiger partial charge in [0.15, 0.2) is 5.78 Å². The number of amides is 2. The van der Waals surface area contributed by atoms with Crippen molar-refractivity contribution < 1.29 is 22.8 Å². The number of benzene rings is 1. The van der Waals surface area contributed by atoms with Gasteiger partial charge in [0, 0.05) is 50.7 Å². The Morgan fingerprint density at radius 1 is 0.933 bits per heavy atom. The average molecular weight is 434 g/mol. The minimum atomic E-state index is -3.67. The van der Waals surface area contributed by atoms with Crippen molar-refractivity contribution in [2.45, 2.75) is 24.7 Å². The number of ketones is 1. The van der Waals surface area contributed by atoms with Crippen molar-refractivity contribution in [3.63, 3.8) is 0 Å². The van der Waals surface area contributed by atoms with Crippen molar-refractivity contribution in [3.05, 3.63) is 42.5 Å². The third-order valence-electron chi connectivity index (χ3n) is 5.78. The molecule has 3 rings (SSSR count). The Bertz CT molecular complexity index is 926. The van der Waals surface area contributed by atoms with E-state index in [1.165, 1.54) is 41.6 Å². The number of piperazine rings is 1. The first-order valence-corrected chi connectivity index (χ1v) is 11.5. The standard InChI is InChI=1S/C21H27N3O5S/c1-3-20(26)22-10-8-18(9-11-22)21(27)23-12-14-24(15-13-23)30(28,29)19-6-4-17(5-7-19)16(2)25/h3-7,18H,1,8-15H2,2H3. The highest BCUT2D eigenvalue weighted by Crippen LogP contribution is 2.23. The van der Waals surface area contributed by atoms with E-state index in [1.54, 1.807) is 9.80 Å². The van der Waals surface area contributed by atoms with Crippen molar-refractivity contribution in [1.29, 1.82) is 0 Å². The summed E-state index contributed by atoms with van der Waals surface area (Å²) in [6, 6.07) is 5.92. The molecule has 30 heavy (non-hydrogen) atoms. The Hall–Kier alpha value is -2.52. The first-order chi connectivity index (χ1) is 14.2. The molecule has 1 aromatic rings. The van der Waals surface area contributed by atoms with Gasteiger partial charge >= 0.3 is 0 Å². The van der Waals surface area contributed by atoms with Gasteiger partial charge in [-0.2, -0.15) is 4.31 Å². The van der Waals surface area contributed by atoms with Crippen LogP contribution in [0.3, 0.4) is 0 Å². The van der Waals surface area contributed by atoms with Crippen LogP contribution in [-0.2, 0) is 19.6 Å². The van der Waals surface area contributed by atoms with Crippen LogP contribution in [0.4, 0.5) is 0 Å². The number of hydrogen-bond acceptors (Lipinski definition) is 5. The van der Waals surface area contributed by atoms with Crippen LogP contribution >= 0.6 is 0 Å². The van der Waals surface area contributed by atoms with Crippen molar-refractivity contribution in [2.75, 3.05) is 39.3 Å². The highest BCUT2D eigenvalue weighted by Gasteiger charge is 2.34. The topological polar surface area (TPSA) is 95.1 Å². The molecule has 9 heteroatoms. The fourth-order valence-corrected chi connectivity index (χ4v) is 5.32. The molecule has 2 heterocycles. The summed E-state index contributed by atoms with van der Waals surface area (Å²) < 4.78 is 27.1.